The number of benzene rings is 2. The predicted octanol–water partition coefficient (Wildman–Crippen LogP) is 5.38. The number of nitrogens with zero attached hydrogens (tertiary/aromatic N) is 1. The summed E-state index contributed by atoms with van der Waals surface area (Å²) >= 11 is 0.430. The molecule has 138 valence electrons. The summed E-state index contributed by atoms with van der Waals surface area (Å²) in [7, 11) is 1.61. The fraction of sp³-hybridized carbons (Fsp3) is 0.316. The molecule has 26 heavy (non-hydrogen) atoms. The quantitative estimate of drug-likeness (QED) is 0.711. The molecule has 0 aromatic heterocycles. The molecule has 1 fully saturated rings. The van der Waals surface area contributed by atoms with Crippen molar-refractivity contribution in [2.75, 3.05) is 19.0 Å². The highest BCUT2D eigenvalue weighted by atomic mass is 32.2. The number of amides is 2. The monoisotopic (exact) mass is 378 g/mol. The van der Waals surface area contributed by atoms with Gasteiger partial charge in [-0.1, -0.05) is 36.0 Å². The molecular weight excluding hydrogens is 358 g/mol. The van der Waals surface area contributed by atoms with Crippen molar-refractivity contribution in [1.82, 2.24) is 4.90 Å². The molecule has 2 amide bonds. The van der Waals surface area contributed by atoms with Crippen LogP contribution in [0.4, 0.5) is 19.3 Å². The van der Waals surface area contributed by atoms with Crippen LogP contribution in [0, 0.1) is 0 Å². The van der Waals surface area contributed by atoms with Crippen molar-refractivity contribution in [2.24, 2.45) is 0 Å². The number of para-hydroxylation sites is 1. The molecule has 4 nitrogen and oxygen atoms in total. The second-order valence-electron chi connectivity index (χ2n) is 5.93. The number of ether oxygens (including phenoxy) is 1. The minimum absolute atomic E-state index is 0.0316. The average molecular weight is 378 g/mol. The van der Waals surface area contributed by atoms with Gasteiger partial charge in [0.25, 0.3) is 5.76 Å². The average Bonchev–Trinajstić information content (AvgIpc) is 3.13. The first-order chi connectivity index (χ1) is 12.6. The lowest BCUT2D eigenvalue weighted by atomic mass is 10.0. The van der Waals surface area contributed by atoms with E-state index < -0.39 is 5.76 Å². The van der Waals surface area contributed by atoms with E-state index in [9.17, 15) is 13.6 Å². The number of hydrogen-bond donors (Lipinski definition) is 1. The van der Waals surface area contributed by atoms with E-state index >= 15 is 0 Å². The zero-order valence-electron chi connectivity index (χ0n) is 14.3. The van der Waals surface area contributed by atoms with Gasteiger partial charge in [-0.2, -0.15) is 8.78 Å². The van der Waals surface area contributed by atoms with Gasteiger partial charge in [-0.05, 0) is 42.7 Å². The molecular formula is C19H20F2N2O2S. The highest BCUT2D eigenvalue weighted by molar-refractivity contribution is 7.99. The second-order valence-corrected chi connectivity index (χ2v) is 6.96. The number of thioether (sulfide) groups is 1. The van der Waals surface area contributed by atoms with E-state index in [2.05, 4.69) is 5.32 Å². The van der Waals surface area contributed by atoms with E-state index in [1.165, 1.54) is 0 Å². The van der Waals surface area contributed by atoms with Gasteiger partial charge in [0, 0.05) is 11.4 Å². The number of methoxy groups -OCH3 is 1. The SMILES string of the molecule is COc1ccc(C2CCCN2C(=O)Nc2ccccc2SC(F)F)cc1. The molecule has 1 aliphatic rings. The fourth-order valence-electron chi connectivity index (χ4n) is 3.14. The normalized spacial score (nSPS) is 16.8. The zero-order chi connectivity index (χ0) is 18.5. The van der Waals surface area contributed by atoms with Crippen LogP contribution in [0.5, 0.6) is 5.75 Å². The molecule has 0 radical (unpaired) electrons. The molecule has 0 spiro atoms. The van der Waals surface area contributed by atoms with Gasteiger partial charge in [-0.15, -0.1) is 0 Å². The Kier molecular flexibility index (Phi) is 5.98. The molecule has 1 aliphatic heterocycles. The number of nitrogens with one attached hydrogen (secondary N) is 1. The van der Waals surface area contributed by atoms with Crippen molar-refractivity contribution in [2.45, 2.75) is 29.5 Å². The van der Waals surface area contributed by atoms with Crippen LogP contribution in [0.3, 0.4) is 0 Å². The highest BCUT2D eigenvalue weighted by Gasteiger charge is 2.30. The first-order valence-electron chi connectivity index (χ1n) is 8.34. The Balaban J connectivity index is 1.74. The Hall–Kier alpha value is -2.28. The third kappa shape index (κ3) is 4.27. The fourth-order valence-corrected chi connectivity index (χ4v) is 3.73. The van der Waals surface area contributed by atoms with Crippen LogP contribution in [0.15, 0.2) is 53.4 Å². The van der Waals surface area contributed by atoms with Crippen LogP contribution >= 0.6 is 11.8 Å². The molecule has 2 aromatic carbocycles. The standard InChI is InChI=1S/C19H20F2N2O2S/c1-25-14-10-8-13(9-11-14)16-6-4-12-23(16)19(24)22-15-5-2-3-7-17(15)26-18(20)21/h2-3,5,7-11,16,18H,4,6,12H2,1H3,(H,22,24). The number of carbonyl (C=O) groups is 1. The summed E-state index contributed by atoms with van der Waals surface area (Å²) < 4.78 is 30.6. The van der Waals surface area contributed by atoms with Gasteiger partial charge in [0.15, 0.2) is 0 Å². The smallest absolute Gasteiger partial charge is 0.322 e. The van der Waals surface area contributed by atoms with Gasteiger partial charge in [0.1, 0.15) is 5.75 Å². The summed E-state index contributed by atoms with van der Waals surface area (Å²) in [4.78, 5) is 14.9. The molecule has 1 unspecified atom stereocenters. The molecule has 1 N–H and O–H groups in total. The van der Waals surface area contributed by atoms with E-state index in [1.807, 2.05) is 24.3 Å². The van der Waals surface area contributed by atoms with E-state index in [4.69, 9.17) is 4.74 Å². The lowest BCUT2D eigenvalue weighted by Crippen LogP contribution is -2.34. The van der Waals surface area contributed by atoms with Gasteiger partial charge < -0.3 is 15.0 Å². The number of anilines is 1. The zero-order valence-corrected chi connectivity index (χ0v) is 15.1. The Morgan fingerprint density at radius 3 is 2.65 bits per heavy atom. The number of hydrogen-bond acceptors (Lipinski definition) is 3. The summed E-state index contributed by atoms with van der Waals surface area (Å²) in [5.41, 5.74) is 1.44. The lowest BCUT2D eigenvalue weighted by molar-refractivity contribution is 0.207. The Labute approximate surface area is 155 Å². The van der Waals surface area contributed by atoms with Crippen LogP contribution in [0.1, 0.15) is 24.4 Å². The van der Waals surface area contributed by atoms with Crippen molar-refractivity contribution < 1.29 is 18.3 Å². The van der Waals surface area contributed by atoms with Crippen LogP contribution in [-0.4, -0.2) is 30.3 Å². The number of halogens is 2. The molecule has 0 saturated carbocycles. The van der Waals surface area contributed by atoms with E-state index in [0.717, 1.165) is 24.2 Å². The molecule has 1 heterocycles. The van der Waals surface area contributed by atoms with Gasteiger partial charge in [-0.3, -0.25) is 0 Å². The molecule has 0 aliphatic carbocycles. The van der Waals surface area contributed by atoms with Gasteiger partial charge in [-0.25, -0.2) is 4.79 Å². The van der Waals surface area contributed by atoms with Crippen LogP contribution in [-0.2, 0) is 0 Å². The topological polar surface area (TPSA) is 41.6 Å². The van der Waals surface area contributed by atoms with Crippen molar-refractivity contribution in [3.05, 3.63) is 54.1 Å². The van der Waals surface area contributed by atoms with E-state index in [1.54, 1.807) is 36.3 Å². The molecule has 1 atom stereocenters. The minimum Gasteiger partial charge on any atom is -0.497 e. The third-order valence-corrected chi connectivity index (χ3v) is 5.15. The molecule has 2 aromatic rings. The Morgan fingerprint density at radius 2 is 1.96 bits per heavy atom. The maximum atomic E-state index is 12.8. The van der Waals surface area contributed by atoms with E-state index in [0.29, 0.717) is 28.9 Å². The van der Waals surface area contributed by atoms with Crippen molar-refractivity contribution in [3.63, 3.8) is 0 Å². The maximum Gasteiger partial charge on any atom is 0.322 e. The first-order valence-corrected chi connectivity index (χ1v) is 9.22. The van der Waals surface area contributed by atoms with Crippen LogP contribution in [0.25, 0.3) is 0 Å². The molecule has 1 saturated heterocycles. The molecule has 7 heteroatoms. The van der Waals surface area contributed by atoms with Crippen molar-refractivity contribution in [1.29, 1.82) is 0 Å². The minimum atomic E-state index is -2.54. The number of likely N-dealkylation sites (tertiary alicyclic amines) is 1. The summed E-state index contributed by atoms with van der Waals surface area (Å²) in [5.74, 6) is -1.77. The largest absolute Gasteiger partial charge is 0.497 e. The second kappa shape index (κ2) is 8.40. The van der Waals surface area contributed by atoms with E-state index in [-0.39, 0.29) is 12.1 Å². The molecule has 3 rings (SSSR count). The van der Waals surface area contributed by atoms with Crippen LogP contribution in [0.2, 0.25) is 0 Å². The highest BCUT2D eigenvalue weighted by Crippen LogP contribution is 2.35. The van der Waals surface area contributed by atoms with Crippen molar-refractivity contribution >= 4 is 23.5 Å². The van der Waals surface area contributed by atoms with Crippen molar-refractivity contribution in [3.8, 4) is 5.75 Å². The Bertz CT molecular complexity index is 755. The predicted molar refractivity (Wildman–Crippen MR) is 99.0 cm³/mol. The first kappa shape index (κ1) is 18.5. The summed E-state index contributed by atoms with van der Waals surface area (Å²) in [6.45, 7) is 0.632. The summed E-state index contributed by atoms with van der Waals surface area (Å²) in [6, 6.07) is 14.0. The molecule has 0 bridgehead atoms. The number of rotatable bonds is 5. The number of alkyl halides is 2. The van der Waals surface area contributed by atoms with Gasteiger partial charge in [0.2, 0.25) is 0 Å². The maximum absolute atomic E-state index is 12.8. The van der Waals surface area contributed by atoms with Gasteiger partial charge >= 0.3 is 6.03 Å². The van der Waals surface area contributed by atoms with Crippen LogP contribution < -0.4 is 10.1 Å². The van der Waals surface area contributed by atoms with Gasteiger partial charge in [0.05, 0.1) is 18.8 Å². The summed E-state index contributed by atoms with van der Waals surface area (Å²) in [5, 5.41) is 2.79. The third-order valence-electron chi connectivity index (χ3n) is 4.36. The summed E-state index contributed by atoms with van der Waals surface area (Å²) in [6.07, 6.45) is 1.77. The Morgan fingerprint density at radius 1 is 1.23 bits per heavy atom. The number of carbonyl (C=O) groups excluding carboxylic acids is 1. The number of urea groups is 1. The lowest BCUT2D eigenvalue weighted by Gasteiger charge is -2.26.